The van der Waals surface area contributed by atoms with Gasteiger partial charge in [0.05, 0.1) is 12.6 Å². The van der Waals surface area contributed by atoms with E-state index in [4.69, 9.17) is 9.26 Å². The third kappa shape index (κ3) is 4.64. The Bertz CT molecular complexity index is 878. The summed E-state index contributed by atoms with van der Waals surface area (Å²) in [6, 6.07) is 11.5. The lowest BCUT2D eigenvalue weighted by atomic mass is 10.2. The van der Waals surface area contributed by atoms with Crippen molar-refractivity contribution in [3.05, 3.63) is 54.7 Å². The predicted molar refractivity (Wildman–Crippen MR) is 101 cm³/mol. The molecule has 0 aliphatic carbocycles. The van der Waals surface area contributed by atoms with Crippen LogP contribution in [0.4, 0.5) is 0 Å². The highest BCUT2D eigenvalue weighted by Crippen LogP contribution is 2.16. The largest absolute Gasteiger partial charge is 0.374 e. The van der Waals surface area contributed by atoms with Crippen LogP contribution in [0.25, 0.3) is 11.4 Å². The number of rotatable bonds is 6. The number of carbonyl (C=O) groups is 1. The van der Waals surface area contributed by atoms with Gasteiger partial charge in [0, 0.05) is 50.5 Å². The molecule has 1 amide bonds. The molecule has 8 nitrogen and oxygen atoms in total. The second kappa shape index (κ2) is 8.79. The molecule has 1 aliphatic heterocycles. The molecular formula is C20H23N5O3. The summed E-state index contributed by atoms with van der Waals surface area (Å²) in [5, 5.41) is 8.22. The maximum atomic E-state index is 12.7. The Labute approximate surface area is 163 Å². The monoisotopic (exact) mass is 381 g/mol. The van der Waals surface area contributed by atoms with E-state index in [2.05, 4.69) is 15.2 Å². The van der Waals surface area contributed by atoms with Gasteiger partial charge < -0.3 is 14.2 Å². The van der Waals surface area contributed by atoms with Gasteiger partial charge in [-0.05, 0) is 12.5 Å². The van der Waals surface area contributed by atoms with Gasteiger partial charge in [-0.3, -0.25) is 9.48 Å². The van der Waals surface area contributed by atoms with Crippen LogP contribution in [0.15, 0.2) is 53.3 Å². The quantitative estimate of drug-likeness (QED) is 0.651. The van der Waals surface area contributed by atoms with E-state index >= 15 is 0 Å². The lowest BCUT2D eigenvalue weighted by molar-refractivity contribution is -0.132. The van der Waals surface area contributed by atoms with Crippen LogP contribution < -0.4 is 0 Å². The highest BCUT2D eigenvalue weighted by molar-refractivity contribution is 5.76. The minimum atomic E-state index is -0.0561. The zero-order valence-corrected chi connectivity index (χ0v) is 15.6. The zero-order chi connectivity index (χ0) is 19.2. The number of ether oxygens (including phenoxy) is 1. The van der Waals surface area contributed by atoms with Gasteiger partial charge in [0.2, 0.25) is 17.6 Å². The normalized spacial score (nSPS) is 17.4. The van der Waals surface area contributed by atoms with Crippen molar-refractivity contribution < 1.29 is 14.1 Å². The first-order valence-electron chi connectivity index (χ1n) is 9.53. The van der Waals surface area contributed by atoms with Crippen LogP contribution >= 0.6 is 0 Å². The average molecular weight is 381 g/mol. The molecule has 3 heterocycles. The molecule has 1 fully saturated rings. The molecule has 0 saturated carbocycles. The molecule has 28 heavy (non-hydrogen) atoms. The highest BCUT2D eigenvalue weighted by atomic mass is 16.5. The minimum Gasteiger partial charge on any atom is -0.374 e. The molecule has 8 heteroatoms. The first-order valence-corrected chi connectivity index (χ1v) is 9.53. The number of nitrogens with zero attached hydrogens (tertiary/aromatic N) is 5. The fraction of sp³-hybridized carbons (Fsp3) is 0.400. The van der Waals surface area contributed by atoms with Crippen LogP contribution in [-0.4, -0.2) is 56.5 Å². The molecule has 0 unspecified atom stereocenters. The molecule has 0 bridgehead atoms. The molecular weight excluding hydrogens is 358 g/mol. The van der Waals surface area contributed by atoms with Crippen LogP contribution in [0.5, 0.6) is 0 Å². The van der Waals surface area contributed by atoms with Gasteiger partial charge >= 0.3 is 0 Å². The van der Waals surface area contributed by atoms with Crippen LogP contribution in [0.2, 0.25) is 0 Å². The molecule has 2 aromatic heterocycles. The fourth-order valence-electron chi connectivity index (χ4n) is 3.28. The van der Waals surface area contributed by atoms with Crippen molar-refractivity contribution in [2.24, 2.45) is 0 Å². The van der Waals surface area contributed by atoms with Crippen LogP contribution in [0.3, 0.4) is 0 Å². The molecule has 1 aliphatic rings. The Kier molecular flexibility index (Phi) is 5.77. The van der Waals surface area contributed by atoms with Crippen molar-refractivity contribution >= 4 is 5.91 Å². The highest BCUT2D eigenvalue weighted by Gasteiger charge is 2.23. The summed E-state index contributed by atoms with van der Waals surface area (Å²) in [7, 11) is 0. The summed E-state index contributed by atoms with van der Waals surface area (Å²) in [5.74, 6) is 1.10. The Balaban J connectivity index is 1.32. The molecule has 146 valence electrons. The Morgan fingerprint density at radius 2 is 2.11 bits per heavy atom. The zero-order valence-electron chi connectivity index (χ0n) is 15.6. The summed E-state index contributed by atoms with van der Waals surface area (Å²) in [6.07, 6.45) is 5.19. The van der Waals surface area contributed by atoms with Crippen LogP contribution in [-0.2, 0) is 22.5 Å². The minimum absolute atomic E-state index is 0.0561. The van der Waals surface area contributed by atoms with Crippen molar-refractivity contribution in [2.45, 2.75) is 31.9 Å². The maximum absolute atomic E-state index is 12.7. The first-order chi connectivity index (χ1) is 13.8. The van der Waals surface area contributed by atoms with Crippen molar-refractivity contribution in [1.82, 2.24) is 24.8 Å². The standard InChI is InChI=1S/C20H23N5O3/c26-19(9-8-18-22-20(23-28-18)16-6-2-1-3-7-16)24-11-5-13-27-17(14-24)15-25-12-4-10-21-25/h1-4,6-7,10,12,17H,5,8-9,11,13-15H2/t17-/m0/s1. The van der Waals surface area contributed by atoms with Crippen molar-refractivity contribution in [3.63, 3.8) is 0 Å². The van der Waals surface area contributed by atoms with Gasteiger partial charge in [-0.15, -0.1) is 0 Å². The molecule has 1 saturated heterocycles. The maximum Gasteiger partial charge on any atom is 0.227 e. The van der Waals surface area contributed by atoms with E-state index in [0.29, 0.717) is 50.8 Å². The van der Waals surface area contributed by atoms with E-state index in [1.54, 1.807) is 6.20 Å². The Morgan fingerprint density at radius 1 is 1.21 bits per heavy atom. The van der Waals surface area contributed by atoms with Crippen LogP contribution in [0.1, 0.15) is 18.7 Å². The summed E-state index contributed by atoms with van der Waals surface area (Å²) in [6.45, 7) is 2.56. The molecule has 0 N–H and O–H groups in total. The van der Waals surface area contributed by atoms with E-state index < -0.39 is 0 Å². The Morgan fingerprint density at radius 3 is 2.93 bits per heavy atom. The summed E-state index contributed by atoms with van der Waals surface area (Å²) >= 11 is 0. The van der Waals surface area contributed by atoms with Gasteiger partial charge in [0.1, 0.15) is 0 Å². The van der Waals surface area contributed by atoms with Crippen molar-refractivity contribution in [3.8, 4) is 11.4 Å². The van der Waals surface area contributed by atoms with E-state index in [9.17, 15) is 4.79 Å². The summed E-state index contributed by atoms with van der Waals surface area (Å²) in [5.41, 5.74) is 0.898. The Hall–Kier alpha value is -3.00. The third-order valence-corrected chi connectivity index (χ3v) is 4.71. The second-order valence-electron chi connectivity index (χ2n) is 6.79. The number of aryl methyl sites for hydroxylation is 1. The van der Waals surface area contributed by atoms with E-state index in [-0.39, 0.29) is 12.0 Å². The van der Waals surface area contributed by atoms with Gasteiger partial charge in [0.25, 0.3) is 0 Å². The number of hydrogen-bond donors (Lipinski definition) is 0. The van der Waals surface area contributed by atoms with E-state index in [0.717, 1.165) is 12.0 Å². The van der Waals surface area contributed by atoms with E-state index in [1.165, 1.54) is 0 Å². The summed E-state index contributed by atoms with van der Waals surface area (Å²) in [4.78, 5) is 19.0. The van der Waals surface area contributed by atoms with Crippen molar-refractivity contribution in [2.75, 3.05) is 19.7 Å². The molecule has 0 radical (unpaired) electrons. The summed E-state index contributed by atoms with van der Waals surface area (Å²) < 4.78 is 13.0. The molecule has 4 rings (SSSR count). The smallest absolute Gasteiger partial charge is 0.227 e. The number of benzene rings is 1. The molecule has 1 aromatic carbocycles. The van der Waals surface area contributed by atoms with E-state index in [1.807, 2.05) is 52.2 Å². The van der Waals surface area contributed by atoms with Gasteiger partial charge in [-0.25, -0.2) is 0 Å². The van der Waals surface area contributed by atoms with Gasteiger partial charge in [-0.2, -0.15) is 10.1 Å². The third-order valence-electron chi connectivity index (χ3n) is 4.71. The lowest BCUT2D eigenvalue weighted by Gasteiger charge is -2.24. The van der Waals surface area contributed by atoms with Crippen LogP contribution in [0, 0.1) is 0 Å². The van der Waals surface area contributed by atoms with Gasteiger partial charge in [0.15, 0.2) is 0 Å². The average Bonchev–Trinajstić information content (AvgIpc) is 3.35. The SMILES string of the molecule is O=C(CCc1nc(-c2ccccc2)no1)N1CCCO[C@H](Cn2cccn2)C1. The number of aromatic nitrogens is 4. The first kappa shape index (κ1) is 18.4. The molecule has 3 aromatic rings. The fourth-order valence-corrected chi connectivity index (χ4v) is 3.28. The molecule has 0 spiro atoms. The predicted octanol–water partition coefficient (Wildman–Crippen LogP) is 2.18. The molecule has 1 atom stereocenters. The van der Waals surface area contributed by atoms with Crippen molar-refractivity contribution in [1.29, 1.82) is 0 Å². The number of carbonyl (C=O) groups excluding carboxylic acids is 1. The lowest BCUT2D eigenvalue weighted by Crippen LogP contribution is -2.38. The van der Waals surface area contributed by atoms with Gasteiger partial charge in [-0.1, -0.05) is 35.5 Å². The number of hydrogen-bond acceptors (Lipinski definition) is 6. The number of amides is 1. The topological polar surface area (TPSA) is 86.3 Å². The second-order valence-corrected chi connectivity index (χ2v) is 6.79.